The van der Waals surface area contributed by atoms with E-state index in [1.54, 1.807) is 18.7 Å². The van der Waals surface area contributed by atoms with Crippen LogP contribution in [0.15, 0.2) is 30.9 Å². The molecular formula is C17H20N4O3. The maximum Gasteiger partial charge on any atom is 0.255 e. The predicted octanol–water partition coefficient (Wildman–Crippen LogP) is 1.96. The first-order valence-electron chi connectivity index (χ1n) is 8.35. The van der Waals surface area contributed by atoms with Gasteiger partial charge in [0.1, 0.15) is 25.9 Å². The highest BCUT2D eigenvalue weighted by atomic mass is 16.6. The van der Waals surface area contributed by atoms with Gasteiger partial charge in [-0.25, -0.2) is 9.67 Å². The molecule has 1 aliphatic carbocycles. The number of carbonyl (C=O) groups excluding carboxylic acids is 1. The van der Waals surface area contributed by atoms with Crippen molar-refractivity contribution in [1.82, 2.24) is 20.1 Å². The summed E-state index contributed by atoms with van der Waals surface area (Å²) in [6.45, 7) is 0.991. The first kappa shape index (κ1) is 15.0. The number of nitrogens with one attached hydrogen (secondary N) is 1. The van der Waals surface area contributed by atoms with Crippen LogP contribution in [0.5, 0.6) is 11.5 Å². The molecule has 0 saturated heterocycles. The average molecular weight is 328 g/mol. The minimum absolute atomic E-state index is 0.0958. The van der Waals surface area contributed by atoms with Gasteiger partial charge in [-0.15, -0.1) is 0 Å². The molecule has 1 aromatic heterocycles. The maximum absolute atomic E-state index is 12.6. The monoisotopic (exact) mass is 328 g/mol. The van der Waals surface area contributed by atoms with Crippen molar-refractivity contribution < 1.29 is 14.3 Å². The number of aromatic nitrogens is 3. The van der Waals surface area contributed by atoms with Gasteiger partial charge in [-0.3, -0.25) is 4.79 Å². The third-order valence-electron chi connectivity index (χ3n) is 4.65. The summed E-state index contributed by atoms with van der Waals surface area (Å²) in [6, 6.07) is 5.99. The molecule has 7 heteroatoms. The molecule has 1 saturated carbocycles. The van der Waals surface area contributed by atoms with Crippen molar-refractivity contribution in [3.63, 3.8) is 0 Å². The van der Waals surface area contributed by atoms with E-state index in [1.165, 1.54) is 0 Å². The van der Waals surface area contributed by atoms with Crippen LogP contribution < -0.4 is 14.8 Å². The van der Waals surface area contributed by atoms with Gasteiger partial charge in [0.2, 0.25) is 0 Å². The van der Waals surface area contributed by atoms with Crippen molar-refractivity contribution in [3.05, 3.63) is 36.4 Å². The minimum Gasteiger partial charge on any atom is -0.486 e. The fraction of sp³-hybridized carbons (Fsp3) is 0.471. The normalized spacial score (nSPS) is 22.8. The molecule has 0 atom stereocenters. The first-order valence-corrected chi connectivity index (χ1v) is 8.35. The van der Waals surface area contributed by atoms with E-state index in [1.807, 2.05) is 16.8 Å². The van der Waals surface area contributed by atoms with Crippen molar-refractivity contribution in [1.29, 1.82) is 0 Å². The second-order valence-corrected chi connectivity index (χ2v) is 6.18. The summed E-state index contributed by atoms with van der Waals surface area (Å²) in [5.74, 6) is 1.10. The number of hydrogen-bond acceptors (Lipinski definition) is 5. The smallest absolute Gasteiger partial charge is 0.255 e. The number of amides is 1. The summed E-state index contributed by atoms with van der Waals surface area (Å²) in [4.78, 5) is 16.6. The van der Waals surface area contributed by atoms with E-state index < -0.39 is 0 Å². The van der Waals surface area contributed by atoms with Crippen LogP contribution >= 0.6 is 0 Å². The molecule has 1 aliphatic heterocycles. The highest BCUT2D eigenvalue weighted by Gasteiger charge is 2.26. The molecule has 0 radical (unpaired) electrons. The van der Waals surface area contributed by atoms with Gasteiger partial charge in [-0.05, 0) is 37.8 Å². The van der Waals surface area contributed by atoms with Crippen LogP contribution in [-0.2, 0) is 0 Å². The summed E-state index contributed by atoms with van der Waals surface area (Å²) in [6.07, 6.45) is 7.17. The summed E-state index contributed by atoms with van der Waals surface area (Å²) >= 11 is 0. The van der Waals surface area contributed by atoms with Gasteiger partial charge in [0.25, 0.3) is 5.91 Å². The number of carbonyl (C=O) groups is 1. The van der Waals surface area contributed by atoms with Crippen molar-refractivity contribution in [3.8, 4) is 11.5 Å². The number of para-hydroxylation sites is 1. The summed E-state index contributed by atoms with van der Waals surface area (Å²) in [5, 5.41) is 7.34. The molecule has 4 rings (SSSR count). The molecule has 0 spiro atoms. The molecule has 0 unspecified atom stereocenters. The number of fused-ring (bicyclic) bond motifs is 1. The SMILES string of the molecule is O=C(NC1CCC(n2cncn2)CC1)c1cccc2c1OCCO2. The van der Waals surface area contributed by atoms with Crippen molar-refractivity contribution in [2.24, 2.45) is 0 Å². The van der Waals surface area contributed by atoms with Gasteiger partial charge in [0, 0.05) is 6.04 Å². The van der Waals surface area contributed by atoms with E-state index >= 15 is 0 Å². The first-order chi connectivity index (χ1) is 11.8. The zero-order valence-corrected chi connectivity index (χ0v) is 13.4. The zero-order chi connectivity index (χ0) is 16.4. The molecule has 2 heterocycles. The van der Waals surface area contributed by atoms with E-state index in [9.17, 15) is 4.79 Å². The van der Waals surface area contributed by atoms with Crippen molar-refractivity contribution >= 4 is 5.91 Å². The van der Waals surface area contributed by atoms with Crippen LogP contribution in [0.2, 0.25) is 0 Å². The second-order valence-electron chi connectivity index (χ2n) is 6.18. The van der Waals surface area contributed by atoms with Gasteiger partial charge in [-0.1, -0.05) is 6.07 Å². The molecule has 2 aromatic rings. The quantitative estimate of drug-likeness (QED) is 0.932. The Balaban J connectivity index is 1.39. The Morgan fingerprint density at radius 3 is 2.79 bits per heavy atom. The largest absolute Gasteiger partial charge is 0.486 e. The lowest BCUT2D eigenvalue weighted by Crippen LogP contribution is -2.38. The Bertz CT molecular complexity index is 709. The number of benzene rings is 1. The van der Waals surface area contributed by atoms with E-state index in [2.05, 4.69) is 15.4 Å². The van der Waals surface area contributed by atoms with E-state index in [0.29, 0.717) is 36.3 Å². The Labute approximate surface area is 140 Å². The lowest BCUT2D eigenvalue weighted by atomic mass is 9.91. The molecule has 2 aliphatic rings. The van der Waals surface area contributed by atoms with Gasteiger partial charge < -0.3 is 14.8 Å². The van der Waals surface area contributed by atoms with Gasteiger partial charge in [-0.2, -0.15) is 5.10 Å². The number of nitrogens with zero attached hydrogens (tertiary/aromatic N) is 3. The minimum atomic E-state index is -0.0958. The molecule has 1 N–H and O–H groups in total. The molecule has 1 amide bonds. The molecule has 126 valence electrons. The van der Waals surface area contributed by atoms with Crippen molar-refractivity contribution in [2.45, 2.75) is 37.8 Å². The highest BCUT2D eigenvalue weighted by Crippen LogP contribution is 2.34. The molecule has 24 heavy (non-hydrogen) atoms. The number of rotatable bonds is 3. The predicted molar refractivity (Wildman–Crippen MR) is 86.2 cm³/mol. The summed E-state index contributed by atoms with van der Waals surface area (Å²) < 4.78 is 13.1. The third kappa shape index (κ3) is 2.93. The standard InChI is InChI=1S/C17H20N4O3/c22-17(14-2-1-3-15-16(14)24-9-8-23-15)20-12-4-6-13(7-5-12)21-11-18-10-19-21/h1-3,10-13H,4-9H2,(H,20,22). The third-order valence-corrected chi connectivity index (χ3v) is 4.65. The second kappa shape index (κ2) is 6.51. The van der Waals surface area contributed by atoms with Crippen LogP contribution in [0.1, 0.15) is 42.1 Å². The van der Waals surface area contributed by atoms with Gasteiger partial charge in [0.05, 0.1) is 11.6 Å². The van der Waals surface area contributed by atoms with E-state index in [4.69, 9.17) is 9.47 Å². The molecule has 7 nitrogen and oxygen atoms in total. The van der Waals surface area contributed by atoms with Crippen LogP contribution in [0.4, 0.5) is 0 Å². The highest BCUT2D eigenvalue weighted by molar-refractivity contribution is 5.98. The summed E-state index contributed by atoms with van der Waals surface area (Å²) in [7, 11) is 0. The molecular weight excluding hydrogens is 308 g/mol. The average Bonchev–Trinajstić information content (AvgIpc) is 3.16. The van der Waals surface area contributed by atoms with Crippen LogP contribution in [-0.4, -0.2) is 39.9 Å². The molecule has 0 bridgehead atoms. The summed E-state index contributed by atoms with van der Waals surface area (Å²) in [5.41, 5.74) is 0.547. The Hall–Kier alpha value is -2.57. The lowest BCUT2D eigenvalue weighted by Gasteiger charge is -2.29. The van der Waals surface area contributed by atoms with Crippen LogP contribution in [0, 0.1) is 0 Å². The van der Waals surface area contributed by atoms with E-state index in [0.717, 1.165) is 25.7 Å². The fourth-order valence-electron chi connectivity index (χ4n) is 3.41. The zero-order valence-electron chi connectivity index (χ0n) is 13.4. The number of hydrogen-bond donors (Lipinski definition) is 1. The fourth-order valence-corrected chi connectivity index (χ4v) is 3.41. The number of ether oxygens (including phenoxy) is 2. The Morgan fingerprint density at radius 1 is 1.17 bits per heavy atom. The molecule has 1 fully saturated rings. The van der Waals surface area contributed by atoms with Crippen molar-refractivity contribution in [2.75, 3.05) is 13.2 Å². The van der Waals surface area contributed by atoms with Crippen LogP contribution in [0.25, 0.3) is 0 Å². The van der Waals surface area contributed by atoms with Gasteiger partial charge >= 0.3 is 0 Å². The van der Waals surface area contributed by atoms with Crippen LogP contribution in [0.3, 0.4) is 0 Å². The van der Waals surface area contributed by atoms with E-state index in [-0.39, 0.29) is 11.9 Å². The Morgan fingerprint density at radius 2 is 2.00 bits per heavy atom. The Kier molecular flexibility index (Phi) is 4.06. The van der Waals surface area contributed by atoms with Gasteiger partial charge in [0.15, 0.2) is 11.5 Å². The lowest BCUT2D eigenvalue weighted by molar-refractivity contribution is 0.0911. The maximum atomic E-state index is 12.6. The topological polar surface area (TPSA) is 78.3 Å². The molecule has 1 aromatic carbocycles.